The maximum absolute atomic E-state index is 13.5. The van der Waals surface area contributed by atoms with Gasteiger partial charge in [-0.1, -0.05) is 23.7 Å². The first-order valence-electron chi connectivity index (χ1n) is 14.2. The number of fused-ring (bicyclic) bond motifs is 5. The molecule has 0 unspecified atom stereocenters. The molecule has 8 nitrogen and oxygen atoms in total. The van der Waals surface area contributed by atoms with Gasteiger partial charge >= 0.3 is 0 Å². The number of nitrogens with one attached hydrogen (secondary N) is 1. The van der Waals surface area contributed by atoms with Gasteiger partial charge in [-0.25, -0.2) is 14.4 Å². The molecule has 0 atom stereocenters. The Morgan fingerprint density at radius 1 is 1.05 bits per heavy atom. The van der Waals surface area contributed by atoms with Crippen LogP contribution in [-0.2, 0) is 26.0 Å². The van der Waals surface area contributed by atoms with E-state index in [9.17, 15) is 4.39 Å². The Hall–Kier alpha value is -3.57. The fourth-order valence-electron chi connectivity index (χ4n) is 5.67. The summed E-state index contributed by atoms with van der Waals surface area (Å²) in [5.41, 5.74) is 5.18. The van der Waals surface area contributed by atoms with Crippen LogP contribution in [0.3, 0.4) is 0 Å². The molecule has 1 fully saturated rings. The summed E-state index contributed by atoms with van der Waals surface area (Å²) in [7, 11) is 2.19. The second-order valence-corrected chi connectivity index (χ2v) is 12.3. The van der Waals surface area contributed by atoms with Crippen LogP contribution in [0.2, 0.25) is 5.02 Å². The molecule has 0 spiro atoms. The van der Waals surface area contributed by atoms with Crippen molar-refractivity contribution in [3.63, 3.8) is 0 Å². The maximum atomic E-state index is 13.5. The average Bonchev–Trinajstić information content (AvgIpc) is 3.58. The molecular formula is C31H31ClFN7OS. The summed E-state index contributed by atoms with van der Waals surface area (Å²) in [6, 6.07) is 11.9. The molecule has 1 N–H and O–H groups in total. The van der Waals surface area contributed by atoms with E-state index >= 15 is 0 Å². The smallest absolute Gasteiger partial charge is 0.142 e. The van der Waals surface area contributed by atoms with E-state index in [-0.39, 0.29) is 12.4 Å². The lowest BCUT2D eigenvalue weighted by molar-refractivity contribution is 0.148. The standard InChI is InChI=1S/C31H31ClFN7OS/c1-38-9-11-39(12-10-38)13-14-40-17-24-26(37-40)7-6-23-28-30(34-19-35-31(28)42-29(23)24)36-22-5-8-27(25(32)16-22)41-18-20-3-2-4-21(33)15-20/h2-5,8,15-17,19H,6-7,9-14,18H2,1H3,(H,34,35,36). The van der Waals surface area contributed by atoms with Crippen LogP contribution in [0, 0.1) is 5.82 Å². The van der Waals surface area contributed by atoms with Crippen LogP contribution in [0.25, 0.3) is 20.7 Å². The van der Waals surface area contributed by atoms with E-state index in [4.69, 9.17) is 21.4 Å². The van der Waals surface area contributed by atoms with Crippen molar-refractivity contribution in [2.24, 2.45) is 0 Å². The highest BCUT2D eigenvalue weighted by atomic mass is 35.5. The number of piperazine rings is 1. The molecule has 0 saturated carbocycles. The van der Waals surface area contributed by atoms with Gasteiger partial charge in [-0.2, -0.15) is 5.10 Å². The largest absolute Gasteiger partial charge is 0.487 e. The molecule has 2 aliphatic rings. The number of anilines is 2. The Kier molecular flexibility index (Phi) is 7.54. The number of rotatable bonds is 8. The summed E-state index contributed by atoms with van der Waals surface area (Å²) in [5.74, 6) is 0.997. The van der Waals surface area contributed by atoms with E-state index in [1.165, 1.54) is 28.1 Å². The predicted molar refractivity (Wildman–Crippen MR) is 165 cm³/mol. The quantitative estimate of drug-likeness (QED) is 0.233. The molecule has 3 aromatic heterocycles. The first-order valence-corrected chi connectivity index (χ1v) is 15.4. The Balaban J connectivity index is 1.09. The monoisotopic (exact) mass is 603 g/mol. The summed E-state index contributed by atoms with van der Waals surface area (Å²) in [6.45, 7) is 6.62. The van der Waals surface area contributed by atoms with Crippen molar-refractivity contribution in [1.82, 2.24) is 29.5 Å². The summed E-state index contributed by atoms with van der Waals surface area (Å²) < 4.78 is 21.5. The van der Waals surface area contributed by atoms with E-state index in [2.05, 4.69) is 43.0 Å². The van der Waals surface area contributed by atoms with Crippen LogP contribution in [-0.4, -0.2) is 69.3 Å². The molecule has 2 aromatic carbocycles. The van der Waals surface area contributed by atoms with Gasteiger partial charge in [0.1, 0.15) is 35.1 Å². The molecule has 11 heteroatoms. The molecule has 1 aliphatic carbocycles. The first-order chi connectivity index (χ1) is 20.5. The zero-order valence-electron chi connectivity index (χ0n) is 23.3. The number of hydrogen-bond acceptors (Lipinski definition) is 8. The van der Waals surface area contributed by atoms with E-state index in [0.717, 1.165) is 85.1 Å². The van der Waals surface area contributed by atoms with Gasteiger partial charge in [0, 0.05) is 55.0 Å². The first kappa shape index (κ1) is 27.3. The third kappa shape index (κ3) is 5.59. The number of ether oxygens (including phenoxy) is 1. The summed E-state index contributed by atoms with van der Waals surface area (Å²) in [5, 5.41) is 9.93. The Morgan fingerprint density at radius 2 is 1.93 bits per heavy atom. The van der Waals surface area contributed by atoms with Gasteiger partial charge in [-0.15, -0.1) is 11.3 Å². The average molecular weight is 604 g/mol. The van der Waals surface area contributed by atoms with Crippen LogP contribution in [0.1, 0.15) is 16.8 Å². The SMILES string of the molecule is CN1CCN(CCn2cc3c(n2)CCc2c-3sc3ncnc(Nc4ccc(OCc5cccc(F)c5)c(Cl)c4)c23)CC1. The number of nitrogens with zero attached hydrogens (tertiary/aromatic N) is 6. The van der Waals surface area contributed by atoms with Gasteiger partial charge in [0.15, 0.2) is 0 Å². The van der Waals surface area contributed by atoms with Gasteiger partial charge in [-0.05, 0) is 61.3 Å². The highest BCUT2D eigenvalue weighted by molar-refractivity contribution is 7.22. The number of aryl methyl sites for hydroxylation is 2. The second kappa shape index (κ2) is 11.6. The molecule has 7 rings (SSSR count). The van der Waals surface area contributed by atoms with Crippen molar-refractivity contribution in [1.29, 1.82) is 0 Å². The lowest BCUT2D eigenvalue weighted by atomic mass is 9.95. The fraction of sp³-hybridized carbons (Fsp3) is 0.323. The van der Waals surface area contributed by atoms with Crippen molar-refractivity contribution in [3.05, 3.63) is 82.6 Å². The normalized spacial score (nSPS) is 15.5. The van der Waals surface area contributed by atoms with E-state index in [0.29, 0.717) is 10.8 Å². The predicted octanol–water partition coefficient (Wildman–Crippen LogP) is 6.02. The highest BCUT2D eigenvalue weighted by Gasteiger charge is 2.26. The summed E-state index contributed by atoms with van der Waals surface area (Å²) >= 11 is 8.27. The summed E-state index contributed by atoms with van der Waals surface area (Å²) in [4.78, 5) is 16.3. The van der Waals surface area contributed by atoms with Gasteiger partial charge in [0.25, 0.3) is 0 Å². The number of halogens is 2. The molecule has 0 radical (unpaired) electrons. The van der Waals surface area contributed by atoms with Crippen molar-refractivity contribution in [2.45, 2.75) is 26.0 Å². The van der Waals surface area contributed by atoms with Crippen LogP contribution in [0.4, 0.5) is 15.9 Å². The zero-order chi connectivity index (χ0) is 28.6. The van der Waals surface area contributed by atoms with Crippen LogP contribution in [0.15, 0.2) is 55.0 Å². The van der Waals surface area contributed by atoms with Crippen LogP contribution < -0.4 is 10.1 Å². The van der Waals surface area contributed by atoms with Crippen molar-refractivity contribution in [3.8, 4) is 16.2 Å². The molecule has 5 aromatic rings. The number of likely N-dealkylation sites (N-methyl/N-ethyl adjacent to an activating group) is 1. The van der Waals surface area contributed by atoms with Gasteiger partial charge in [0.05, 0.1) is 22.6 Å². The Bertz CT molecular complexity index is 1750. The van der Waals surface area contributed by atoms with Crippen LogP contribution in [0.5, 0.6) is 5.75 Å². The van der Waals surface area contributed by atoms with Crippen LogP contribution >= 0.6 is 22.9 Å². The molecule has 0 bridgehead atoms. The number of aromatic nitrogens is 4. The fourth-order valence-corrected chi connectivity index (χ4v) is 7.13. The van der Waals surface area contributed by atoms with Gasteiger partial charge < -0.3 is 15.0 Å². The summed E-state index contributed by atoms with van der Waals surface area (Å²) in [6.07, 6.45) is 5.60. The van der Waals surface area contributed by atoms with Gasteiger partial charge in [0.2, 0.25) is 0 Å². The van der Waals surface area contributed by atoms with E-state index in [1.54, 1.807) is 23.7 Å². The molecule has 1 aliphatic heterocycles. The zero-order valence-corrected chi connectivity index (χ0v) is 24.9. The molecule has 1 saturated heterocycles. The molecule has 42 heavy (non-hydrogen) atoms. The number of hydrogen-bond donors (Lipinski definition) is 1. The second-order valence-electron chi connectivity index (χ2n) is 10.9. The third-order valence-corrected chi connectivity index (χ3v) is 9.47. The lowest BCUT2D eigenvalue weighted by Gasteiger charge is -2.32. The molecular weight excluding hydrogens is 573 g/mol. The third-order valence-electron chi connectivity index (χ3n) is 8.00. The van der Waals surface area contributed by atoms with E-state index in [1.807, 2.05) is 24.3 Å². The molecule has 216 valence electrons. The minimum absolute atomic E-state index is 0.228. The number of thiophene rings is 1. The van der Waals surface area contributed by atoms with Crippen molar-refractivity contribution in [2.75, 3.05) is 45.1 Å². The van der Waals surface area contributed by atoms with Gasteiger partial charge in [-0.3, -0.25) is 9.58 Å². The Labute approximate surface area is 252 Å². The maximum Gasteiger partial charge on any atom is 0.142 e. The Morgan fingerprint density at radius 3 is 2.76 bits per heavy atom. The molecule has 4 heterocycles. The molecule has 0 amide bonds. The topological polar surface area (TPSA) is 71.3 Å². The van der Waals surface area contributed by atoms with Crippen molar-refractivity contribution < 1.29 is 9.13 Å². The van der Waals surface area contributed by atoms with Crippen molar-refractivity contribution >= 4 is 44.7 Å². The van der Waals surface area contributed by atoms with E-state index < -0.39 is 0 Å². The lowest BCUT2D eigenvalue weighted by Crippen LogP contribution is -2.45. The minimum atomic E-state index is -0.292. The highest BCUT2D eigenvalue weighted by Crippen LogP contribution is 2.45. The minimum Gasteiger partial charge on any atom is -0.487 e. The number of benzene rings is 2.